The number of hydrogen-bond acceptors (Lipinski definition) is 6. The summed E-state index contributed by atoms with van der Waals surface area (Å²) in [7, 11) is 1.38. The van der Waals surface area contributed by atoms with Gasteiger partial charge >= 0.3 is 5.97 Å². The first-order valence-corrected chi connectivity index (χ1v) is 9.58. The number of esters is 1. The molecule has 2 aromatic rings. The number of phenolic OH excluding ortho intramolecular Hbond substituents is 1. The summed E-state index contributed by atoms with van der Waals surface area (Å²) in [6, 6.07) is 3.45. The van der Waals surface area contributed by atoms with Crippen LogP contribution in [0.25, 0.3) is 0 Å². The summed E-state index contributed by atoms with van der Waals surface area (Å²) in [6.07, 6.45) is 4.45. The third-order valence-corrected chi connectivity index (χ3v) is 5.64. The van der Waals surface area contributed by atoms with Crippen molar-refractivity contribution in [3.63, 3.8) is 0 Å². The molecule has 1 aliphatic carbocycles. The number of methoxy groups -OCH3 is 1. The van der Waals surface area contributed by atoms with Crippen LogP contribution in [-0.4, -0.2) is 31.0 Å². The van der Waals surface area contributed by atoms with Crippen molar-refractivity contribution in [3.05, 3.63) is 38.2 Å². The number of aromatic hydroxyl groups is 1. The number of carbonyl (C=O) groups excluding carboxylic acids is 1. The highest BCUT2D eigenvalue weighted by Gasteiger charge is 2.26. The summed E-state index contributed by atoms with van der Waals surface area (Å²) in [5.41, 5.74) is 2.12. The van der Waals surface area contributed by atoms with Gasteiger partial charge in [0.2, 0.25) is 0 Å². The van der Waals surface area contributed by atoms with Crippen LogP contribution in [0.2, 0.25) is 0 Å². The first-order chi connectivity index (χ1) is 12.0. The number of ether oxygens (including phenoxy) is 2. The summed E-state index contributed by atoms with van der Waals surface area (Å²) in [5, 5.41) is 11.0. The van der Waals surface area contributed by atoms with Crippen LogP contribution in [0.1, 0.15) is 39.7 Å². The lowest BCUT2D eigenvalue weighted by molar-refractivity contribution is 0.0601. The van der Waals surface area contributed by atoms with E-state index in [0.717, 1.165) is 29.3 Å². The molecule has 25 heavy (non-hydrogen) atoms. The molecule has 1 aromatic heterocycles. The number of halogens is 1. The van der Waals surface area contributed by atoms with E-state index in [-0.39, 0.29) is 11.7 Å². The lowest BCUT2D eigenvalue weighted by Crippen LogP contribution is -2.03. The van der Waals surface area contributed by atoms with Crippen molar-refractivity contribution in [1.82, 2.24) is 0 Å². The van der Waals surface area contributed by atoms with E-state index < -0.39 is 0 Å². The first kappa shape index (κ1) is 17.9. The smallest absolute Gasteiger partial charge is 0.341 e. The molecule has 0 atom stereocenters. The number of carbonyl (C=O) groups is 1. The molecule has 7 heteroatoms. The maximum Gasteiger partial charge on any atom is 0.341 e. The Hall–Kier alpha value is -1.86. The molecule has 3 rings (SSSR count). The number of thiophene rings is 1. The third-order valence-electron chi connectivity index (χ3n) is 3.98. The zero-order valence-corrected chi connectivity index (χ0v) is 16.4. The summed E-state index contributed by atoms with van der Waals surface area (Å²) < 4.78 is 11.1. The number of aryl methyl sites for hydroxylation is 1. The van der Waals surface area contributed by atoms with E-state index in [1.165, 1.54) is 23.3 Å². The first-order valence-electron chi connectivity index (χ1n) is 7.97. The lowest BCUT2D eigenvalue weighted by Gasteiger charge is -2.08. The van der Waals surface area contributed by atoms with Crippen LogP contribution in [0.5, 0.6) is 11.5 Å². The molecule has 132 valence electrons. The van der Waals surface area contributed by atoms with Gasteiger partial charge in [-0.2, -0.15) is 0 Å². The van der Waals surface area contributed by atoms with Gasteiger partial charge in [0.25, 0.3) is 0 Å². The highest BCUT2D eigenvalue weighted by Crippen LogP contribution is 2.41. The van der Waals surface area contributed by atoms with Gasteiger partial charge in [0, 0.05) is 21.1 Å². The van der Waals surface area contributed by atoms with Crippen molar-refractivity contribution in [1.29, 1.82) is 0 Å². The molecule has 1 N–H and O–H groups in total. The Kier molecular flexibility index (Phi) is 5.44. The summed E-state index contributed by atoms with van der Waals surface area (Å²) >= 11 is 4.92. The van der Waals surface area contributed by atoms with E-state index in [4.69, 9.17) is 9.47 Å². The van der Waals surface area contributed by atoms with Crippen LogP contribution in [0.4, 0.5) is 5.00 Å². The van der Waals surface area contributed by atoms with Gasteiger partial charge in [0.1, 0.15) is 5.00 Å². The van der Waals surface area contributed by atoms with Crippen LogP contribution in [0.3, 0.4) is 0 Å². The van der Waals surface area contributed by atoms with Gasteiger partial charge in [0.05, 0.1) is 19.3 Å². The van der Waals surface area contributed by atoms with Crippen molar-refractivity contribution < 1.29 is 19.4 Å². The second-order valence-corrected chi connectivity index (χ2v) is 7.56. The van der Waals surface area contributed by atoms with Gasteiger partial charge in [-0.25, -0.2) is 9.79 Å². The minimum Gasteiger partial charge on any atom is -0.504 e. The number of phenols is 1. The van der Waals surface area contributed by atoms with Crippen LogP contribution in [0.15, 0.2) is 21.6 Å². The highest BCUT2D eigenvalue weighted by atomic mass is 79.9. The van der Waals surface area contributed by atoms with Crippen molar-refractivity contribution >= 4 is 44.5 Å². The highest BCUT2D eigenvalue weighted by molar-refractivity contribution is 9.10. The topological polar surface area (TPSA) is 68.1 Å². The number of rotatable bonds is 5. The average Bonchev–Trinajstić information content (AvgIpc) is 3.16. The molecule has 0 radical (unpaired) electrons. The number of hydrogen-bond donors (Lipinski definition) is 1. The van der Waals surface area contributed by atoms with Crippen LogP contribution in [0, 0.1) is 0 Å². The van der Waals surface area contributed by atoms with E-state index in [9.17, 15) is 9.90 Å². The molecule has 5 nitrogen and oxygen atoms in total. The third kappa shape index (κ3) is 3.57. The van der Waals surface area contributed by atoms with Gasteiger partial charge in [0.15, 0.2) is 11.5 Å². The zero-order chi connectivity index (χ0) is 18.0. The van der Waals surface area contributed by atoms with E-state index >= 15 is 0 Å². The molecular formula is C18H18BrNO4S. The number of benzene rings is 1. The minimum absolute atomic E-state index is 0.0255. The Balaban J connectivity index is 2.00. The van der Waals surface area contributed by atoms with Crippen LogP contribution in [-0.2, 0) is 17.6 Å². The normalized spacial score (nSPS) is 13.2. The Bertz CT molecular complexity index is 844. The maximum absolute atomic E-state index is 12.2. The molecule has 0 spiro atoms. The van der Waals surface area contributed by atoms with E-state index in [1.54, 1.807) is 18.3 Å². The second-order valence-electron chi connectivity index (χ2n) is 5.56. The van der Waals surface area contributed by atoms with Crippen molar-refractivity contribution in [2.24, 2.45) is 4.99 Å². The fraction of sp³-hybridized carbons (Fsp3) is 0.333. The molecule has 0 amide bonds. The van der Waals surface area contributed by atoms with E-state index in [0.29, 0.717) is 28.5 Å². The molecule has 1 heterocycles. The van der Waals surface area contributed by atoms with Crippen molar-refractivity contribution in [2.45, 2.75) is 26.2 Å². The molecule has 0 saturated heterocycles. The predicted molar refractivity (Wildman–Crippen MR) is 102 cm³/mol. The molecule has 1 aromatic carbocycles. The fourth-order valence-corrected chi connectivity index (χ4v) is 4.56. The van der Waals surface area contributed by atoms with Crippen molar-refractivity contribution in [2.75, 3.05) is 13.7 Å². The summed E-state index contributed by atoms with van der Waals surface area (Å²) in [5.74, 6) is 0.0534. The zero-order valence-electron chi connectivity index (χ0n) is 14.0. The quantitative estimate of drug-likeness (QED) is 0.561. The SMILES string of the molecule is CCOc1cc(Br)cc(C=Nc2sc3c(c2C(=O)OC)CCC3)c1O. The maximum atomic E-state index is 12.2. The minimum atomic E-state index is -0.361. The Morgan fingerprint density at radius 1 is 1.44 bits per heavy atom. The Labute approximate surface area is 158 Å². The molecular weight excluding hydrogens is 406 g/mol. The average molecular weight is 424 g/mol. The van der Waals surface area contributed by atoms with Gasteiger partial charge in [-0.3, -0.25) is 0 Å². The Morgan fingerprint density at radius 2 is 2.24 bits per heavy atom. The van der Waals surface area contributed by atoms with E-state index in [1.807, 2.05) is 6.92 Å². The number of aliphatic imine (C=N–C) groups is 1. The van der Waals surface area contributed by atoms with Gasteiger partial charge in [-0.05, 0) is 43.9 Å². The fourth-order valence-electron chi connectivity index (χ4n) is 2.88. The molecule has 0 aliphatic heterocycles. The number of fused-ring (bicyclic) bond motifs is 1. The molecule has 0 saturated carbocycles. The molecule has 0 unspecified atom stereocenters. The van der Waals surface area contributed by atoms with Gasteiger partial charge < -0.3 is 14.6 Å². The number of nitrogens with zero attached hydrogens (tertiary/aromatic N) is 1. The van der Waals surface area contributed by atoms with Crippen LogP contribution < -0.4 is 4.74 Å². The molecule has 0 bridgehead atoms. The van der Waals surface area contributed by atoms with E-state index in [2.05, 4.69) is 20.9 Å². The summed E-state index contributed by atoms with van der Waals surface area (Å²) in [6.45, 7) is 2.30. The molecule has 1 aliphatic rings. The largest absolute Gasteiger partial charge is 0.504 e. The monoisotopic (exact) mass is 423 g/mol. The Morgan fingerprint density at radius 3 is 2.96 bits per heavy atom. The van der Waals surface area contributed by atoms with Gasteiger partial charge in [-0.1, -0.05) is 15.9 Å². The van der Waals surface area contributed by atoms with Gasteiger partial charge in [-0.15, -0.1) is 11.3 Å². The second kappa shape index (κ2) is 7.58. The molecule has 0 fully saturated rings. The summed E-state index contributed by atoms with van der Waals surface area (Å²) in [4.78, 5) is 17.8. The lowest BCUT2D eigenvalue weighted by atomic mass is 10.1. The van der Waals surface area contributed by atoms with Crippen LogP contribution >= 0.6 is 27.3 Å². The standard InChI is InChI=1S/C18H18BrNO4S/c1-3-24-13-8-11(19)7-10(16(13)21)9-20-17-15(18(22)23-2)12-5-4-6-14(12)25-17/h7-9,21H,3-6H2,1-2H3. The predicted octanol–water partition coefficient (Wildman–Crippen LogP) is 4.64. The van der Waals surface area contributed by atoms with Crippen molar-refractivity contribution in [3.8, 4) is 11.5 Å².